The molecule has 1 aliphatic carbocycles. The number of esters is 1. The second kappa shape index (κ2) is 10.6. The molecular weight excluding hydrogens is 464 g/mol. The van der Waals surface area contributed by atoms with Gasteiger partial charge in [0.25, 0.3) is 10.0 Å². The number of hydrogen-bond acceptors (Lipinski definition) is 6. The number of nitrogens with zero attached hydrogens (tertiary/aromatic N) is 1. The molecule has 4 unspecified atom stereocenters. The summed E-state index contributed by atoms with van der Waals surface area (Å²) in [6, 6.07) is 14.4. The van der Waals surface area contributed by atoms with Crippen LogP contribution in [0, 0.1) is 23.2 Å². The van der Waals surface area contributed by atoms with Crippen LogP contribution in [0.3, 0.4) is 0 Å². The van der Waals surface area contributed by atoms with Crippen LogP contribution in [0.5, 0.6) is 0 Å². The third-order valence-electron chi connectivity index (χ3n) is 7.10. The lowest BCUT2D eigenvalue weighted by molar-refractivity contribution is -0.173. The maximum absolute atomic E-state index is 13.5. The molecule has 4 rings (SSSR count). The van der Waals surface area contributed by atoms with E-state index in [4.69, 9.17) is 10.00 Å². The van der Waals surface area contributed by atoms with Gasteiger partial charge in [0.1, 0.15) is 12.0 Å². The Hall–Kier alpha value is -3.18. The van der Waals surface area contributed by atoms with Crippen LogP contribution >= 0.6 is 0 Å². The van der Waals surface area contributed by atoms with Crippen LogP contribution in [0.4, 0.5) is 5.69 Å². The topological polar surface area (TPSA) is 113 Å². The number of ketones is 1. The van der Waals surface area contributed by atoms with Crippen LogP contribution in [-0.4, -0.2) is 26.3 Å². The maximum Gasteiger partial charge on any atom is 0.317 e. The summed E-state index contributed by atoms with van der Waals surface area (Å²) in [6.07, 6.45) is 5.80. The number of anilines is 1. The van der Waals surface area contributed by atoms with Gasteiger partial charge in [0.05, 0.1) is 22.4 Å². The van der Waals surface area contributed by atoms with Crippen molar-refractivity contribution in [3.8, 4) is 6.07 Å². The Bertz CT molecular complexity index is 1230. The Morgan fingerprint density at radius 3 is 2.46 bits per heavy atom. The Kier molecular flexibility index (Phi) is 7.56. The van der Waals surface area contributed by atoms with Crippen molar-refractivity contribution in [1.29, 1.82) is 5.26 Å². The average molecular weight is 495 g/mol. The van der Waals surface area contributed by atoms with Crippen LogP contribution < -0.4 is 4.72 Å². The number of nitriles is 1. The van der Waals surface area contributed by atoms with Gasteiger partial charge in [-0.25, -0.2) is 8.42 Å². The highest BCUT2D eigenvalue weighted by molar-refractivity contribution is 7.92. The first-order valence-corrected chi connectivity index (χ1v) is 13.7. The summed E-state index contributed by atoms with van der Waals surface area (Å²) in [5.74, 6) is -2.05. The molecule has 2 fully saturated rings. The van der Waals surface area contributed by atoms with E-state index in [1.165, 1.54) is 24.3 Å². The molecule has 2 aliphatic rings. The number of carbonyl (C=O) groups excluding carboxylic acids is 2. The molecular formula is C27H30N2O5S. The largest absolute Gasteiger partial charge is 0.461 e. The Morgan fingerprint density at radius 1 is 1.06 bits per heavy atom. The quantitative estimate of drug-likeness (QED) is 0.450. The van der Waals surface area contributed by atoms with Crippen molar-refractivity contribution in [3.63, 3.8) is 0 Å². The monoisotopic (exact) mass is 494 g/mol. The third-order valence-corrected chi connectivity index (χ3v) is 8.50. The number of ether oxygens (including phenoxy) is 1. The van der Waals surface area contributed by atoms with Gasteiger partial charge < -0.3 is 4.74 Å². The van der Waals surface area contributed by atoms with Gasteiger partial charge in [-0.15, -0.1) is 0 Å². The fraction of sp³-hybridized carbons (Fsp3) is 0.444. The van der Waals surface area contributed by atoms with Crippen LogP contribution in [0.15, 0.2) is 53.4 Å². The predicted octanol–water partition coefficient (Wildman–Crippen LogP) is 4.93. The van der Waals surface area contributed by atoms with Gasteiger partial charge in [0.15, 0.2) is 5.78 Å². The first-order chi connectivity index (χ1) is 16.8. The zero-order valence-electron chi connectivity index (χ0n) is 19.8. The molecule has 184 valence electrons. The van der Waals surface area contributed by atoms with Gasteiger partial charge in [0.2, 0.25) is 0 Å². The smallest absolute Gasteiger partial charge is 0.317 e. The second-order valence-corrected chi connectivity index (χ2v) is 11.0. The molecule has 0 bridgehead atoms. The van der Waals surface area contributed by atoms with E-state index in [9.17, 15) is 18.0 Å². The number of sulfonamides is 1. The minimum Gasteiger partial charge on any atom is -0.461 e. The lowest BCUT2D eigenvalue weighted by Crippen LogP contribution is -2.48. The number of carbonyl (C=O) groups is 2. The minimum atomic E-state index is -3.88. The summed E-state index contributed by atoms with van der Waals surface area (Å²) in [5.41, 5.74) is 1.42. The molecule has 1 N–H and O–H groups in total. The van der Waals surface area contributed by atoms with Crippen molar-refractivity contribution >= 4 is 27.5 Å². The van der Waals surface area contributed by atoms with E-state index < -0.39 is 27.8 Å². The molecule has 8 heteroatoms. The molecule has 0 spiro atoms. The fourth-order valence-electron chi connectivity index (χ4n) is 5.27. The van der Waals surface area contributed by atoms with Crippen molar-refractivity contribution in [2.75, 3.05) is 4.72 Å². The molecule has 1 heterocycles. The zero-order valence-corrected chi connectivity index (χ0v) is 20.6. The van der Waals surface area contributed by atoms with Gasteiger partial charge in [-0.2, -0.15) is 5.26 Å². The van der Waals surface area contributed by atoms with E-state index in [-0.39, 0.29) is 22.7 Å². The van der Waals surface area contributed by atoms with E-state index >= 15 is 0 Å². The first-order valence-electron chi connectivity index (χ1n) is 12.2. The molecule has 2 aromatic carbocycles. The number of benzene rings is 2. The second-order valence-electron chi connectivity index (χ2n) is 9.34. The van der Waals surface area contributed by atoms with Crippen molar-refractivity contribution < 1.29 is 22.7 Å². The van der Waals surface area contributed by atoms with Crippen molar-refractivity contribution in [2.24, 2.45) is 11.8 Å². The predicted molar refractivity (Wildman–Crippen MR) is 131 cm³/mol. The molecule has 0 amide bonds. The number of hydrogen-bond donors (Lipinski definition) is 1. The minimum absolute atomic E-state index is 0.0373. The molecule has 1 saturated heterocycles. The molecule has 0 aromatic heterocycles. The summed E-state index contributed by atoms with van der Waals surface area (Å²) in [4.78, 5) is 26.6. The highest BCUT2D eigenvalue weighted by Crippen LogP contribution is 2.40. The number of nitrogens with one attached hydrogen (secondary N) is 1. The molecule has 1 aliphatic heterocycles. The lowest BCUT2D eigenvalue weighted by atomic mass is 9.72. The Morgan fingerprint density at radius 2 is 1.77 bits per heavy atom. The van der Waals surface area contributed by atoms with Gasteiger partial charge >= 0.3 is 5.97 Å². The van der Waals surface area contributed by atoms with Gasteiger partial charge in [-0.3, -0.25) is 14.3 Å². The summed E-state index contributed by atoms with van der Waals surface area (Å²) < 4.78 is 34.1. The Balaban J connectivity index is 1.57. The molecule has 7 nitrogen and oxygen atoms in total. The van der Waals surface area contributed by atoms with E-state index in [1.807, 2.05) is 19.1 Å². The van der Waals surface area contributed by atoms with E-state index in [0.717, 1.165) is 38.5 Å². The van der Waals surface area contributed by atoms with Crippen LogP contribution in [0.2, 0.25) is 0 Å². The Labute approximate surface area is 206 Å². The normalized spacial score (nSPS) is 23.7. The number of fused-ring (bicyclic) bond motifs is 1. The van der Waals surface area contributed by atoms with E-state index in [2.05, 4.69) is 4.72 Å². The van der Waals surface area contributed by atoms with E-state index in [0.29, 0.717) is 23.2 Å². The summed E-state index contributed by atoms with van der Waals surface area (Å²) in [7, 11) is -3.88. The van der Waals surface area contributed by atoms with Crippen LogP contribution in [-0.2, 0) is 24.3 Å². The molecule has 2 aromatic rings. The van der Waals surface area contributed by atoms with Crippen molar-refractivity contribution in [2.45, 2.75) is 68.8 Å². The highest BCUT2D eigenvalue weighted by Gasteiger charge is 2.47. The number of rotatable bonds is 6. The van der Waals surface area contributed by atoms with Gasteiger partial charge in [-0.05, 0) is 67.6 Å². The lowest BCUT2D eigenvalue weighted by Gasteiger charge is -2.38. The maximum atomic E-state index is 13.5. The molecule has 0 radical (unpaired) electrons. The van der Waals surface area contributed by atoms with E-state index in [1.54, 1.807) is 18.2 Å². The summed E-state index contributed by atoms with van der Waals surface area (Å²) in [5, 5.41) is 8.94. The summed E-state index contributed by atoms with van der Waals surface area (Å²) in [6.45, 7) is 1.92. The highest BCUT2D eigenvalue weighted by atomic mass is 32.2. The fourth-order valence-corrected chi connectivity index (χ4v) is 6.32. The SMILES string of the molecule is CCC(c1cccc(NS(=O)(=O)c2ccc(C#N)cc2)c1)C1C(=O)OC2CCCCCCC2C1=O. The van der Waals surface area contributed by atoms with Gasteiger partial charge in [-0.1, -0.05) is 38.3 Å². The zero-order chi connectivity index (χ0) is 25.0. The molecule has 35 heavy (non-hydrogen) atoms. The first kappa shape index (κ1) is 24.9. The third kappa shape index (κ3) is 5.40. The van der Waals surface area contributed by atoms with Gasteiger partial charge in [0, 0.05) is 11.6 Å². The van der Waals surface area contributed by atoms with Crippen molar-refractivity contribution in [1.82, 2.24) is 0 Å². The molecule has 1 saturated carbocycles. The van der Waals surface area contributed by atoms with Crippen LogP contribution in [0.25, 0.3) is 0 Å². The average Bonchev–Trinajstić information content (AvgIpc) is 2.83. The van der Waals surface area contributed by atoms with Crippen molar-refractivity contribution in [3.05, 3.63) is 59.7 Å². The standard InChI is InChI=1S/C27H30N2O5S/c1-2-22(25-26(30)23-10-5-3-4-6-11-24(23)34-27(25)31)19-8-7-9-20(16-19)29-35(32,33)21-14-12-18(17-28)13-15-21/h7-9,12-16,22-25,29H,2-6,10-11H2,1H3. The number of Topliss-reactive ketones (excluding diaryl/α,β-unsaturated/α-hetero) is 1. The van der Waals surface area contributed by atoms with Crippen LogP contribution in [0.1, 0.15) is 68.9 Å². The summed E-state index contributed by atoms with van der Waals surface area (Å²) >= 11 is 0. The molecule has 4 atom stereocenters.